The van der Waals surface area contributed by atoms with Crippen LogP contribution in [-0.4, -0.2) is 49.2 Å². The summed E-state index contributed by atoms with van der Waals surface area (Å²) in [6, 6.07) is 0. The van der Waals surface area contributed by atoms with Crippen LogP contribution in [0.1, 0.15) is 0 Å². The van der Waals surface area contributed by atoms with Crippen LogP contribution in [0, 0.1) is 0 Å². The van der Waals surface area contributed by atoms with Gasteiger partial charge in [0.05, 0.1) is 6.61 Å². The zero-order chi connectivity index (χ0) is 8.69. The summed E-state index contributed by atoms with van der Waals surface area (Å²) in [5, 5.41) is 8.27. The molecule has 0 fully saturated rings. The number of ether oxygens (including phenoxy) is 1. The molecule has 0 rings (SSSR count). The number of methoxy groups -OCH3 is 1. The van der Waals surface area contributed by atoms with Crippen LogP contribution in [-0.2, 0) is 14.3 Å². The van der Waals surface area contributed by atoms with E-state index in [9.17, 15) is 9.59 Å². The van der Waals surface area contributed by atoms with Crippen LogP contribution < -0.4 is 0 Å². The van der Waals surface area contributed by atoms with E-state index in [0.717, 1.165) is 4.90 Å². The predicted molar refractivity (Wildman–Crippen MR) is 37.1 cm³/mol. The van der Waals surface area contributed by atoms with Gasteiger partial charge in [-0.15, -0.1) is 0 Å². The molecule has 0 aliphatic heterocycles. The third-order valence-corrected chi connectivity index (χ3v) is 1.07. The van der Waals surface area contributed by atoms with Crippen LogP contribution in [0.2, 0.25) is 0 Å². The van der Waals surface area contributed by atoms with Gasteiger partial charge in [-0.05, 0) is 0 Å². The lowest BCUT2D eigenvalue weighted by Gasteiger charge is -2.12. The smallest absolute Gasteiger partial charge is 0.323 e. The zero-order valence-electron chi connectivity index (χ0n) is 6.32. The first-order valence-corrected chi connectivity index (χ1v) is 3.10. The number of nitrogens with zero attached hydrogens (tertiary/aromatic N) is 1. The largest absolute Gasteiger partial charge is 0.480 e. The number of aliphatic carboxylic acids is 1. The highest BCUT2D eigenvalue weighted by Crippen LogP contribution is 1.82. The second-order valence-electron chi connectivity index (χ2n) is 1.96. The van der Waals surface area contributed by atoms with Crippen LogP contribution in [0.25, 0.3) is 0 Å². The van der Waals surface area contributed by atoms with Crippen LogP contribution in [0.5, 0.6) is 0 Å². The Balaban J connectivity index is 3.57. The Morgan fingerprint density at radius 1 is 1.73 bits per heavy atom. The molecule has 0 bridgehead atoms. The molecule has 0 radical (unpaired) electrons. The molecule has 0 aromatic carbocycles. The fraction of sp³-hybridized carbons (Fsp3) is 0.667. The van der Waals surface area contributed by atoms with E-state index < -0.39 is 5.97 Å². The van der Waals surface area contributed by atoms with Crippen molar-refractivity contribution in [3.8, 4) is 0 Å². The lowest BCUT2D eigenvalue weighted by Crippen LogP contribution is -2.31. The van der Waals surface area contributed by atoms with Gasteiger partial charge < -0.3 is 14.7 Å². The molecule has 0 unspecified atom stereocenters. The molecule has 0 atom stereocenters. The second-order valence-corrected chi connectivity index (χ2v) is 1.96. The summed E-state index contributed by atoms with van der Waals surface area (Å²) in [5.74, 6) is -1.02. The van der Waals surface area contributed by atoms with E-state index in [1.807, 2.05) is 0 Å². The number of carbonyl (C=O) groups is 2. The number of carboxylic acids is 1. The molecule has 0 spiro atoms. The maximum Gasteiger partial charge on any atom is 0.323 e. The van der Waals surface area contributed by atoms with Crippen LogP contribution in [0.4, 0.5) is 0 Å². The highest BCUT2D eigenvalue weighted by atomic mass is 16.5. The van der Waals surface area contributed by atoms with E-state index in [4.69, 9.17) is 5.11 Å². The van der Waals surface area contributed by atoms with Crippen LogP contribution >= 0.6 is 0 Å². The summed E-state index contributed by atoms with van der Waals surface area (Å²) in [5.41, 5.74) is 0. The van der Waals surface area contributed by atoms with Crippen LogP contribution in [0.3, 0.4) is 0 Å². The average molecular weight is 161 g/mol. The molecular formula is C6H11NO4. The van der Waals surface area contributed by atoms with Crippen molar-refractivity contribution in [2.24, 2.45) is 0 Å². The van der Waals surface area contributed by atoms with Gasteiger partial charge in [0.15, 0.2) is 0 Å². The number of carboxylic acid groups (broad SMARTS) is 1. The first-order chi connectivity index (χ1) is 5.20. The zero-order valence-corrected chi connectivity index (χ0v) is 6.32. The Hall–Kier alpha value is -1.10. The molecule has 0 aromatic heterocycles. The third-order valence-electron chi connectivity index (χ3n) is 1.07. The van der Waals surface area contributed by atoms with Gasteiger partial charge in [-0.25, -0.2) is 0 Å². The molecular weight excluding hydrogens is 150 g/mol. The summed E-state index contributed by atoms with van der Waals surface area (Å²) >= 11 is 0. The predicted octanol–water partition coefficient (Wildman–Crippen LogP) is -0.824. The Morgan fingerprint density at radius 2 is 2.36 bits per heavy atom. The average Bonchev–Trinajstić information content (AvgIpc) is 1.97. The lowest BCUT2D eigenvalue weighted by molar-refractivity contribution is -0.141. The second kappa shape index (κ2) is 5.67. The Kier molecular flexibility index (Phi) is 5.10. The van der Waals surface area contributed by atoms with Crippen molar-refractivity contribution in [3.05, 3.63) is 0 Å². The van der Waals surface area contributed by atoms with Gasteiger partial charge in [0, 0.05) is 13.7 Å². The Morgan fingerprint density at radius 3 is 2.73 bits per heavy atom. The topological polar surface area (TPSA) is 66.8 Å². The molecule has 11 heavy (non-hydrogen) atoms. The normalized spacial score (nSPS) is 9.18. The highest BCUT2D eigenvalue weighted by molar-refractivity contribution is 5.71. The SMILES string of the molecule is COCCN(C=O)CC(=O)O. The van der Waals surface area contributed by atoms with E-state index in [2.05, 4.69) is 4.74 Å². The third kappa shape index (κ3) is 5.35. The summed E-state index contributed by atoms with van der Waals surface area (Å²) in [6.45, 7) is 0.394. The minimum absolute atomic E-state index is 0.271. The van der Waals surface area contributed by atoms with Gasteiger partial charge in [-0.1, -0.05) is 0 Å². The van der Waals surface area contributed by atoms with Crippen molar-refractivity contribution in [1.82, 2.24) is 4.90 Å². The molecule has 0 aliphatic rings. The van der Waals surface area contributed by atoms with Crippen molar-refractivity contribution in [2.45, 2.75) is 0 Å². The Labute approximate surface area is 64.6 Å². The minimum atomic E-state index is -1.02. The highest BCUT2D eigenvalue weighted by Gasteiger charge is 2.04. The summed E-state index contributed by atoms with van der Waals surface area (Å²) < 4.78 is 4.66. The summed E-state index contributed by atoms with van der Waals surface area (Å²) in [4.78, 5) is 21.4. The molecule has 0 saturated heterocycles. The van der Waals surface area contributed by atoms with Gasteiger partial charge in [0.1, 0.15) is 6.54 Å². The van der Waals surface area contributed by atoms with E-state index in [-0.39, 0.29) is 6.54 Å². The minimum Gasteiger partial charge on any atom is -0.480 e. The van der Waals surface area contributed by atoms with Gasteiger partial charge in [-0.2, -0.15) is 0 Å². The van der Waals surface area contributed by atoms with Crippen molar-refractivity contribution >= 4 is 12.4 Å². The molecule has 1 amide bonds. The number of carbonyl (C=O) groups excluding carboxylic acids is 1. The van der Waals surface area contributed by atoms with E-state index in [0.29, 0.717) is 19.6 Å². The van der Waals surface area contributed by atoms with Crippen molar-refractivity contribution in [2.75, 3.05) is 26.8 Å². The first-order valence-electron chi connectivity index (χ1n) is 3.10. The number of hydrogen-bond donors (Lipinski definition) is 1. The number of amides is 1. The van der Waals surface area contributed by atoms with Crippen LogP contribution in [0.15, 0.2) is 0 Å². The molecule has 64 valence electrons. The summed E-state index contributed by atoms with van der Waals surface area (Å²) in [6.07, 6.45) is 0.493. The van der Waals surface area contributed by atoms with Crippen molar-refractivity contribution in [3.63, 3.8) is 0 Å². The van der Waals surface area contributed by atoms with Crippen molar-refractivity contribution in [1.29, 1.82) is 0 Å². The molecule has 0 aliphatic carbocycles. The quantitative estimate of drug-likeness (QED) is 0.516. The first kappa shape index (κ1) is 9.90. The van der Waals surface area contributed by atoms with Gasteiger partial charge >= 0.3 is 5.97 Å². The summed E-state index contributed by atoms with van der Waals surface area (Å²) in [7, 11) is 1.49. The molecule has 1 N–H and O–H groups in total. The lowest BCUT2D eigenvalue weighted by atomic mass is 10.5. The number of rotatable bonds is 6. The number of hydrogen-bond acceptors (Lipinski definition) is 3. The molecule has 0 saturated carbocycles. The fourth-order valence-corrected chi connectivity index (χ4v) is 0.551. The fourth-order valence-electron chi connectivity index (χ4n) is 0.551. The van der Waals surface area contributed by atoms with E-state index in [1.54, 1.807) is 0 Å². The maximum atomic E-state index is 10.2. The van der Waals surface area contributed by atoms with Gasteiger partial charge in [0.25, 0.3) is 0 Å². The standard InChI is InChI=1S/C6H11NO4/c1-11-3-2-7(5-8)4-6(9)10/h5H,2-4H2,1H3,(H,9,10). The molecule has 0 heterocycles. The Bertz CT molecular complexity index is 137. The van der Waals surface area contributed by atoms with E-state index >= 15 is 0 Å². The maximum absolute atomic E-state index is 10.2. The molecule has 0 aromatic rings. The van der Waals surface area contributed by atoms with E-state index in [1.165, 1.54) is 7.11 Å². The van der Waals surface area contributed by atoms with Crippen molar-refractivity contribution < 1.29 is 19.4 Å². The monoisotopic (exact) mass is 161 g/mol. The van der Waals surface area contributed by atoms with Gasteiger partial charge in [0.2, 0.25) is 6.41 Å². The molecule has 5 nitrogen and oxygen atoms in total. The molecule has 5 heteroatoms. The van der Waals surface area contributed by atoms with Gasteiger partial charge in [-0.3, -0.25) is 9.59 Å².